The fourth-order valence-electron chi connectivity index (χ4n) is 1.07. The molecule has 0 atom stereocenters. The zero-order chi connectivity index (χ0) is 10.7. The van der Waals surface area contributed by atoms with Crippen molar-refractivity contribution in [3.63, 3.8) is 0 Å². The van der Waals surface area contributed by atoms with Crippen LogP contribution in [-0.2, 0) is 6.61 Å². The van der Waals surface area contributed by atoms with Gasteiger partial charge in [-0.3, -0.25) is 0 Å². The molecule has 72 valence electrons. The van der Waals surface area contributed by atoms with E-state index in [0.29, 0.717) is 0 Å². The summed E-state index contributed by atoms with van der Waals surface area (Å²) in [7, 11) is 0. The van der Waals surface area contributed by atoms with Crippen LogP contribution in [0.4, 0.5) is 0 Å². The van der Waals surface area contributed by atoms with Gasteiger partial charge in [0, 0.05) is 0 Å². The second-order valence-corrected chi connectivity index (χ2v) is 3.33. The smallest absolute Gasteiger partial charge is 0.337 e. The predicted molar refractivity (Wildman–Crippen MR) is 51.7 cm³/mol. The molecule has 1 aromatic carbocycles. The highest BCUT2D eigenvalue weighted by molar-refractivity contribution is 9.10. The Labute approximate surface area is 88.5 Å². The minimum absolute atomic E-state index is 0.0634. The summed E-state index contributed by atoms with van der Waals surface area (Å²) < 4.78 is 0.207. The molecule has 0 saturated carbocycles. The largest absolute Gasteiger partial charge is 0.478 e. The van der Waals surface area contributed by atoms with Crippen molar-refractivity contribution in [2.24, 2.45) is 0 Å². The van der Waals surface area contributed by atoms with Crippen LogP contribution in [0.25, 0.3) is 0 Å². The van der Waals surface area contributed by atoms with Crippen molar-refractivity contribution >= 4 is 21.9 Å². The number of nitrogens with zero attached hydrogens (tertiary/aromatic N) is 1. The first-order valence-electron chi connectivity index (χ1n) is 3.67. The number of carboxylic acids is 1. The summed E-state index contributed by atoms with van der Waals surface area (Å²) in [5, 5.41) is 26.4. The van der Waals surface area contributed by atoms with Gasteiger partial charge in [-0.25, -0.2) is 4.79 Å². The molecule has 2 N–H and O–H groups in total. The van der Waals surface area contributed by atoms with Crippen LogP contribution in [0, 0.1) is 11.3 Å². The molecule has 0 spiro atoms. The highest BCUT2D eigenvalue weighted by atomic mass is 79.9. The number of aromatic carboxylic acids is 1. The first kappa shape index (κ1) is 10.7. The number of aliphatic hydroxyl groups excluding tert-OH is 1. The molecule has 0 aromatic heterocycles. The molecule has 0 radical (unpaired) electrons. The molecule has 1 aromatic rings. The molecule has 0 bridgehead atoms. The molecular formula is C9H6BrNO3. The number of nitriles is 1. The van der Waals surface area contributed by atoms with E-state index in [1.807, 2.05) is 6.07 Å². The molecule has 1 rings (SSSR count). The average Bonchev–Trinajstić information content (AvgIpc) is 2.16. The van der Waals surface area contributed by atoms with Crippen molar-refractivity contribution in [3.05, 3.63) is 33.3 Å². The van der Waals surface area contributed by atoms with E-state index in [1.165, 1.54) is 12.1 Å². The molecule has 0 fully saturated rings. The molecule has 0 heterocycles. The van der Waals surface area contributed by atoms with E-state index >= 15 is 0 Å². The fourth-order valence-corrected chi connectivity index (χ4v) is 1.71. The van der Waals surface area contributed by atoms with Gasteiger partial charge in [-0.15, -0.1) is 0 Å². The number of halogens is 1. The van der Waals surface area contributed by atoms with Crippen LogP contribution in [0.5, 0.6) is 0 Å². The Morgan fingerprint density at radius 1 is 1.57 bits per heavy atom. The van der Waals surface area contributed by atoms with E-state index in [1.54, 1.807) is 0 Å². The van der Waals surface area contributed by atoms with Crippen LogP contribution < -0.4 is 0 Å². The van der Waals surface area contributed by atoms with Crippen molar-refractivity contribution in [2.45, 2.75) is 6.61 Å². The fraction of sp³-hybridized carbons (Fsp3) is 0.111. The Morgan fingerprint density at radius 2 is 2.21 bits per heavy atom. The van der Waals surface area contributed by atoms with Crippen LogP contribution in [0.3, 0.4) is 0 Å². The number of carboxylic acid groups (broad SMARTS) is 1. The highest BCUT2D eigenvalue weighted by Gasteiger charge is 2.16. The Balaban J connectivity index is 3.49. The average molecular weight is 256 g/mol. The van der Waals surface area contributed by atoms with E-state index in [2.05, 4.69) is 15.9 Å². The molecule has 0 saturated heterocycles. The van der Waals surface area contributed by atoms with Crippen LogP contribution in [0.2, 0.25) is 0 Å². The molecular weight excluding hydrogens is 250 g/mol. The Kier molecular flexibility index (Phi) is 3.23. The molecule has 0 unspecified atom stereocenters. The standard InChI is InChI=1S/C9H6BrNO3/c10-8-5(3-11)1-2-6(4-12)7(8)9(13)14/h1-2,12H,4H2,(H,13,14). The van der Waals surface area contributed by atoms with E-state index < -0.39 is 5.97 Å². The lowest BCUT2D eigenvalue weighted by atomic mass is 10.1. The third-order valence-electron chi connectivity index (χ3n) is 1.73. The summed E-state index contributed by atoms with van der Waals surface area (Å²) in [5.41, 5.74) is 0.453. The summed E-state index contributed by atoms with van der Waals surface area (Å²) in [4.78, 5) is 10.8. The van der Waals surface area contributed by atoms with Gasteiger partial charge >= 0.3 is 5.97 Å². The summed E-state index contributed by atoms with van der Waals surface area (Å²) in [5.74, 6) is -1.17. The molecule has 0 aliphatic carbocycles. The Bertz CT molecular complexity index is 423. The second-order valence-electron chi connectivity index (χ2n) is 2.54. The van der Waals surface area contributed by atoms with Gasteiger partial charge in [0.25, 0.3) is 0 Å². The van der Waals surface area contributed by atoms with Crippen molar-refractivity contribution < 1.29 is 15.0 Å². The lowest BCUT2D eigenvalue weighted by molar-refractivity contribution is 0.0692. The molecule has 5 heteroatoms. The normalized spacial score (nSPS) is 9.50. The summed E-state index contributed by atoms with van der Waals surface area (Å²) in [6.07, 6.45) is 0. The summed E-state index contributed by atoms with van der Waals surface area (Å²) >= 11 is 3.02. The molecule has 0 aliphatic rings. The number of hydrogen-bond donors (Lipinski definition) is 2. The Hall–Kier alpha value is -1.38. The molecule has 0 amide bonds. The summed E-state index contributed by atoms with van der Waals surface area (Å²) in [6.45, 7) is -0.369. The minimum atomic E-state index is -1.17. The van der Waals surface area contributed by atoms with Gasteiger partial charge in [-0.1, -0.05) is 6.07 Å². The van der Waals surface area contributed by atoms with Crippen LogP contribution in [0.15, 0.2) is 16.6 Å². The molecule has 4 nitrogen and oxygen atoms in total. The summed E-state index contributed by atoms with van der Waals surface area (Å²) in [6, 6.07) is 4.73. The van der Waals surface area contributed by atoms with Crippen LogP contribution in [0.1, 0.15) is 21.5 Å². The third kappa shape index (κ3) is 1.76. The first-order valence-corrected chi connectivity index (χ1v) is 4.46. The number of hydrogen-bond acceptors (Lipinski definition) is 3. The quantitative estimate of drug-likeness (QED) is 0.840. The topological polar surface area (TPSA) is 81.3 Å². The monoisotopic (exact) mass is 255 g/mol. The minimum Gasteiger partial charge on any atom is -0.478 e. The maximum atomic E-state index is 10.8. The van der Waals surface area contributed by atoms with E-state index in [9.17, 15) is 4.79 Å². The van der Waals surface area contributed by atoms with Gasteiger partial charge in [-0.05, 0) is 27.6 Å². The van der Waals surface area contributed by atoms with Crippen molar-refractivity contribution in [1.29, 1.82) is 5.26 Å². The lowest BCUT2D eigenvalue weighted by Crippen LogP contribution is -2.05. The maximum Gasteiger partial charge on any atom is 0.337 e. The van der Waals surface area contributed by atoms with Gasteiger partial charge in [-0.2, -0.15) is 5.26 Å². The number of carbonyl (C=O) groups is 1. The van der Waals surface area contributed by atoms with Crippen LogP contribution >= 0.6 is 15.9 Å². The number of benzene rings is 1. The maximum absolute atomic E-state index is 10.8. The van der Waals surface area contributed by atoms with Crippen molar-refractivity contribution in [3.8, 4) is 6.07 Å². The van der Waals surface area contributed by atoms with Gasteiger partial charge in [0.15, 0.2) is 0 Å². The number of aliphatic hydroxyl groups is 1. The number of rotatable bonds is 2. The van der Waals surface area contributed by atoms with Crippen molar-refractivity contribution in [2.75, 3.05) is 0 Å². The van der Waals surface area contributed by atoms with Gasteiger partial charge in [0.2, 0.25) is 0 Å². The highest BCUT2D eigenvalue weighted by Crippen LogP contribution is 2.25. The van der Waals surface area contributed by atoms with Gasteiger partial charge in [0.1, 0.15) is 6.07 Å². The van der Waals surface area contributed by atoms with E-state index in [-0.39, 0.29) is 27.8 Å². The van der Waals surface area contributed by atoms with Gasteiger partial charge in [0.05, 0.1) is 22.2 Å². The van der Waals surface area contributed by atoms with Crippen LogP contribution in [-0.4, -0.2) is 16.2 Å². The predicted octanol–water partition coefficient (Wildman–Crippen LogP) is 1.51. The zero-order valence-corrected chi connectivity index (χ0v) is 8.58. The zero-order valence-electron chi connectivity index (χ0n) is 6.99. The Morgan fingerprint density at radius 3 is 2.64 bits per heavy atom. The SMILES string of the molecule is N#Cc1ccc(CO)c(C(=O)O)c1Br. The van der Waals surface area contributed by atoms with E-state index in [0.717, 1.165) is 0 Å². The molecule has 14 heavy (non-hydrogen) atoms. The molecule has 0 aliphatic heterocycles. The van der Waals surface area contributed by atoms with E-state index in [4.69, 9.17) is 15.5 Å². The third-order valence-corrected chi connectivity index (χ3v) is 2.56. The van der Waals surface area contributed by atoms with Gasteiger partial charge < -0.3 is 10.2 Å². The second kappa shape index (κ2) is 4.22. The lowest BCUT2D eigenvalue weighted by Gasteiger charge is -2.06. The first-order chi connectivity index (χ1) is 6.61. The van der Waals surface area contributed by atoms with Crippen molar-refractivity contribution in [1.82, 2.24) is 0 Å².